The molecule has 1 aliphatic heterocycles. The van der Waals surface area contributed by atoms with Gasteiger partial charge in [-0.1, -0.05) is 31.2 Å². The zero-order chi connectivity index (χ0) is 14.7. The second-order valence-electron chi connectivity index (χ2n) is 5.95. The topological polar surface area (TPSA) is 41.0 Å². The number of piperidine rings is 1. The summed E-state index contributed by atoms with van der Waals surface area (Å²) in [6.07, 6.45) is 4.37. The second-order valence-corrected chi connectivity index (χ2v) is 5.95. The van der Waals surface area contributed by atoms with E-state index in [1.165, 1.54) is 23.6 Å². The number of rotatable bonds is 4. The van der Waals surface area contributed by atoms with Gasteiger partial charge in [-0.2, -0.15) is 5.10 Å². The molecule has 2 aromatic rings. The van der Waals surface area contributed by atoms with Crippen LogP contribution in [0.3, 0.4) is 0 Å². The number of nitrogens with one attached hydrogen (secondary N) is 1. The van der Waals surface area contributed by atoms with Gasteiger partial charge in [0.1, 0.15) is 0 Å². The van der Waals surface area contributed by atoms with Crippen LogP contribution in [-0.4, -0.2) is 35.9 Å². The second kappa shape index (κ2) is 6.39. The first-order valence-electron chi connectivity index (χ1n) is 7.98. The van der Waals surface area contributed by atoms with Gasteiger partial charge in [0.25, 0.3) is 0 Å². The molecule has 1 fully saturated rings. The van der Waals surface area contributed by atoms with Crippen LogP contribution in [0.25, 0.3) is 10.8 Å². The summed E-state index contributed by atoms with van der Waals surface area (Å²) in [4.78, 5) is 2.41. The van der Waals surface area contributed by atoms with Gasteiger partial charge in [0.15, 0.2) is 5.82 Å². The van der Waals surface area contributed by atoms with Gasteiger partial charge < -0.3 is 10.2 Å². The third-order valence-corrected chi connectivity index (χ3v) is 4.54. The van der Waals surface area contributed by atoms with Crippen molar-refractivity contribution in [2.75, 3.05) is 24.5 Å². The Bertz CT molecular complexity index is 593. The van der Waals surface area contributed by atoms with E-state index < -0.39 is 0 Å². The summed E-state index contributed by atoms with van der Waals surface area (Å²) in [5.74, 6) is 1.72. The van der Waals surface area contributed by atoms with Crippen LogP contribution >= 0.6 is 0 Å². The zero-order valence-corrected chi connectivity index (χ0v) is 12.9. The minimum absolute atomic E-state index is 0.556. The molecule has 1 saturated heterocycles. The fourth-order valence-corrected chi connectivity index (χ4v) is 3.35. The van der Waals surface area contributed by atoms with E-state index in [-0.39, 0.29) is 0 Å². The van der Waals surface area contributed by atoms with Gasteiger partial charge in [0.05, 0.1) is 6.20 Å². The summed E-state index contributed by atoms with van der Waals surface area (Å²) >= 11 is 0. The molecule has 1 aliphatic rings. The summed E-state index contributed by atoms with van der Waals surface area (Å²) in [5, 5.41) is 14.6. The van der Waals surface area contributed by atoms with Crippen LogP contribution in [0.1, 0.15) is 26.7 Å². The van der Waals surface area contributed by atoms with E-state index in [2.05, 4.69) is 58.5 Å². The SMILES string of the molecule is CCNC(C)C1CCCN(c2nncc3ccccc23)C1. The number of aromatic nitrogens is 2. The van der Waals surface area contributed by atoms with Crippen molar-refractivity contribution in [3.63, 3.8) is 0 Å². The fraction of sp³-hybridized carbons (Fsp3) is 0.529. The van der Waals surface area contributed by atoms with Crippen LogP contribution in [0.2, 0.25) is 0 Å². The van der Waals surface area contributed by atoms with Crippen LogP contribution in [0.4, 0.5) is 5.82 Å². The first-order chi connectivity index (χ1) is 10.3. The molecule has 1 N–H and O–H groups in total. The molecule has 1 aromatic heterocycles. The lowest BCUT2D eigenvalue weighted by Crippen LogP contribution is -2.44. The van der Waals surface area contributed by atoms with Crippen molar-refractivity contribution in [2.24, 2.45) is 5.92 Å². The van der Waals surface area contributed by atoms with Crippen molar-refractivity contribution < 1.29 is 0 Å². The Labute approximate surface area is 126 Å². The molecule has 21 heavy (non-hydrogen) atoms. The van der Waals surface area contributed by atoms with E-state index in [4.69, 9.17) is 0 Å². The largest absolute Gasteiger partial charge is 0.354 e. The van der Waals surface area contributed by atoms with Crippen molar-refractivity contribution in [3.05, 3.63) is 30.5 Å². The van der Waals surface area contributed by atoms with Gasteiger partial charge in [0.2, 0.25) is 0 Å². The molecule has 3 rings (SSSR count). The molecule has 0 bridgehead atoms. The van der Waals surface area contributed by atoms with Gasteiger partial charge >= 0.3 is 0 Å². The molecule has 0 amide bonds. The third-order valence-electron chi connectivity index (χ3n) is 4.54. The average molecular weight is 284 g/mol. The predicted octanol–water partition coefficient (Wildman–Crippen LogP) is 2.84. The molecule has 0 saturated carbocycles. The van der Waals surface area contributed by atoms with E-state index in [1.807, 2.05) is 6.20 Å². The molecule has 1 aromatic carbocycles. The lowest BCUT2D eigenvalue weighted by Gasteiger charge is -2.36. The van der Waals surface area contributed by atoms with Crippen molar-refractivity contribution in [2.45, 2.75) is 32.7 Å². The Morgan fingerprint density at radius 1 is 1.38 bits per heavy atom. The minimum Gasteiger partial charge on any atom is -0.354 e. The van der Waals surface area contributed by atoms with Gasteiger partial charge in [-0.25, -0.2) is 0 Å². The first kappa shape index (κ1) is 14.3. The maximum Gasteiger partial charge on any atom is 0.159 e. The number of hydrogen-bond donors (Lipinski definition) is 1. The number of fused-ring (bicyclic) bond motifs is 1. The molecule has 4 nitrogen and oxygen atoms in total. The molecule has 2 unspecified atom stereocenters. The number of nitrogens with zero attached hydrogens (tertiary/aromatic N) is 3. The standard InChI is InChI=1S/C17H24N4/c1-3-18-13(2)15-8-6-10-21(12-15)17-16-9-5-4-7-14(16)11-19-20-17/h4-5,7,9,11,13,15,18H,3,6,8,10,12H2,1-2H3. The van der Waals surface area contributed by atoms with Gasteiger partial charge in [-0.15, -0.1) is 5.10 Å². The summed E-state index contributed by atoms with van der Waals surface area (Å²) in [6.45, 7) is 7.65. The predicted molar refractivity (Wildman–Crippen MR) is 87.6 cm³/mol. The van der Waals surface area contributed by atoms with E-state index in [1.54, 1.807) is 0 Å². The maximum atomic E-state index is 4.43. The minimum atomic E-state index is 0.556. The third kappa shape index (κ3) is 3.00. The van der Waals surface area contributed by atoms with E-state index >= 15 is 0 Å². The normalized spacial score (nSPS) is 20.7. The molecule has 0 aliphatic carbocycles. The molecule has 2 atom stereocenters. The summed E-state index contributed by atoms with van der Waals surface area (Å²) in [7, 11) is 0. The van der Waals surface area contributed by atoms with Crippen molar-refractivity contribution in [3.8, 4) is 0 Å². The summed E-state index contributed by atoms with van der Waals surface area (Å²) in [6, 6.07) is 8.95. The van der Waals surface area contributed by atoms with Crippen LogP contribution in [-0.2, 0) is 0 Å². The highest BCUT2D eigenvalue weighted by Gasteiger charge is 2.25. The Kier molecular flexibility index (Phi) is 4.34. The maximum absolute atomic E-state index is 4.43. The quantitative estimate of drug-likeness (QED) is 0.937. The summed E-state index contributed by atoms with van der Waals surface area (Å²) < 4.78 is 0. The van der Waals surface area contributed by atoms with Crippen LogP contribution in [0, 0.1) is 5.92 Å². The molecule has 0 spiro atoms. The van der Waals surface area contributed by atoms with Gasteiger partial charge in [-0.3, -0.25) is 0 Å². The van der Waals surface area contributed by atoms with E-state index in [0.29, 0.717) is 12.0 Å². The first-order valence-corrected chi connectivity index (χ1v) is 7.98. The van der Waals surface area contributed by atoms with Crippen molar-refractivity contribution >= 4 is 16.6 Å². The molecule has 112 valence electrons. The van der Waals surface area contributed by atoms with Crippen molar-refractivity contribution in [1.29, 1.82) is 0 Å². The average Bonchev–Trinajstić information content (AvgIpc) is 2.55. The molecule has 0 radical (unpaired) electrons. The molecular weight excluding hydrogens is 260 g/mol. The van der Waals surface area contributed by atoms with Crippen LogP contribution < -0.4 is 10.2 Å². The molecular formula is C17H24N4. The highest BCUT2D eigenvalue weighted by Crippen LogP contribution is 2.28. The molecule has 2 heterocycles. The number of hydrogen-bond acceptors (Lipinski definition) is 4. The Balaban J connectivity index is 1.85. The van der Waals surface area contributed by atoms with Crippen LogP contribution in [0.5, 0.6) is 0 Å². The van der Waals surface area contributed by atoms with Crippen LogP contribution in [0.15, 0.2) is 30.5 Å². The number of benzene rings is 1. The fourth-order valence-electron chi connectivity index (χ4n) is 3.35. The highest BCUT2D eigenvalue weighted by atomic mass is 15.3. The summed E-state index contributed by atoms with van der Waals surface area (Å²) in [5.41, 5.74) is 0. The zero-order valence-electron chi connectivity index (χ0n) is 12.9. The van der Waals surface area contributed by atoms with Gasteiger partial charge in [-0.05, 0) is 32.2 Å². The van der Waals surface area contributed by atoms with Crippen molar-refractivity contribution in [1.82, 2.24) is 15.5 Å². The molecule has 4 heteroatoms. The Morgan fingerprint density at radius 2 is 2.24 bits per heavy atom. The number of anilines is 1. The van der Waals surface area contributed by atoms with Gasteiger partial charge in [0, 0.05) is 29.9 Å². The lowest BCUT2D eigenvalue weighted by molar-refractivity contribution is 0.323. The Hall–Kier alpha value is -1.68. The van der Waals surface area contributed by atoms with E-state index in [0.717, 1.165) is 25.5 Å². The monoisotopic (exact) mass is 284 g/mol. The smallest absolute Gasteiger partial charge is 0.159 e. The highest BCUT2D eigenvalue weighted by molar-refractivity contribution is 5.91. The lowest BCUT2D eigenvalue weighted by atomic mass is 9.91. The van der Waals surface area contributed by atoms with E-state index in [9.17, 15) is 0 Å². The Morgan fingerprint density at radius 3 is 3.10 bits per heavy atom.